The Morgan fingerprint density at radius 3 is 2.77 bits per heavy atom. The summed E-state index contributed by atoms with van der Waals surface area (Å²) in [5.74, 6) is 0.743. The number of ether oxygens (including phenoxy) is 1. The van der Waals surface area contributed by atoms with Gasteiger partial charge in [-0.05, 0) is 51.2 Å². The van der Waals surface area contributed by atoms with Crippen LogP contribution in [-0.4, -0.2) is 53.8 Å². The van der Waals surface area contributed by atoms with Gasteiger partial charge in [-0.2, -0.15) is 11.8 Å². The number of amides is 2. The van der Waals surface area contributed by atoms with Crippen molar-refractivity contribution >= 4 is 17.8 Å². The highest BCUT2D eigenvalue weighted by Gasteiger charge is 2.43. The van der Waals surface area contributed by atoms with E-state index in [1.165, 1.54) is 32.1 Å². The Morgan fingerprint density at radius 1 is 1.32 bits per heavy atom. The number of hydrogen-bond acceptors (Lipinski definition) is 3. The zero-order valence-corrected chi connectivity index (χ0v) is 14.8. The topological polar surface area (TPSA) is 41.6 Å². The fourth-order valence-electron chi connectivity index (χ4n) is 4.58. The number of hydrogen-bond donors (Lipinski definition) is 1. The van der Waals surface area contributed by atoms with Gasteiger partial charge >= 0.3 is 6.03 Å². The van der Waals surface area contributed by atoms with Crippen LogP contribution in [0.4, 0.5) is 4.79 Å². The average Bonchev–Trinajstić information content (AvgIpc) is 2.89. The average molecular weight is 327 g/mol. The van der Waals surface area contributed by atoms with E-state index in [0.717, 1.165) is 38.5 Å². The van der Waals surface area contributed by atoms with E-state index in [9.17, 15) is 4.79 Å². The van der Waals surface area contributed by atoms with Gasteiger partial charge < -0.3 is 15.0 Å². The highest BCUT2D eigenvalue weighted by Crippen LogP contribution is 2.39. The maximum Gasteiger partial charge on any atom is 0.317 e. The van der Waals surface area contributed by atoms with Crippen LogP contribution in [0, 0.1) is 5.92 Å². The van der Waals surface area contributed by atoms with Gasteiger partial charge in [0.25, 0.3) is 0 Å². The van der Waals surface area contributed by atoms with Crippen molar-refractivity contribution in [3.63, 3.8) is 0 Å². The monoisotopic (exact) mass is 326 g/mol. The largest absolute Gasteiger partial charge is 0.381 e. The van der Waals surface area contributed by atoms with Crippen LogP contribution in [-0.2, 0) is 4.74 Å². The second-order valence-corrected chi connectivity index (χ2v) is 8.54. The Labute approximate surface area is 138 Å². The van der Waals surface area contributed by atoms with Crippen LogP contribution in [0.2, 0.25) is 0 Å². The third kappa shape index (κ3) is 3.25. The summed E-state index contributed by atoms with van der Waals surface area (Å²) in [4.78, 5) is 14.9. The lowest BCUT2D eigenvalue weighted by Gasteiger charge is -2.38. The molecule has 0 aromatic rings. The van der Waals surface area contributed by atoms with Crippen LogP contribution < -0.4 is 5.32 Å². The van der Waals surface area contributed by atoms with Crippen LogP contribution in [0.25, 0.3) is 0 Å². The third-order valence-corrected chi connectivity index (χ3v) is 7.40. The van der Waals surface area contributed by atoms with E-state index >= 15 is 0 Å². The molecule has 126 valence electrons. The van der Waals surface area contributed by atoms with Crippen molar-refractivity contribution in [3.8, 4) is 0 Å². The Hall–Kier alpha value is -0.420. The number of carbonyl (C=O) groups is 1. The van der Waals surface area contributed by atoms with Crippen LogP contribution in [0.15, 0.2) is 0 Å². The minimum absolute atomic E-state index is 0.168. The van der Waals surface area contributed by atoms with Crippen molar-refractivity contribution in [3.05, 3.63) is 0 Å². The highest BCUT2D eigenvalue weighted by molar-refractivity contribution is 8.00. The molecule has 3 fully saturated rings. The summed E-state index contributed by atoms with van der Waals surface area (Å²) >= 11 is 1.89. The van der Waals surface area contributed by atoms with E-state index in [-0.39, 0.29) is 10.8 Å². The second-order valence-electron chi connectivity index (χ2n) is 7.26. The molecule has 0 bridgehead atoms. The molecular formula is C17H30N2O2S. The Balaban J connectivity index is 1.59. The summed E-state index contributed by atoms with van der Waals surface area (Å²) < 4.78 is 5.65. The van der Waals surface area contributed by atoms with E-state index in [4.69, 9.17) is 4.74 Å². The van der Waals surface area contributed by atoms with Crippen molar-refractivity contribution in [2.45, 2.75) is 68.7 Å². The van der Waals surface area contributed by atoms with E-state index < -0.39 is 0 Å². The zero-order valence-electron chi connectivity index (χ0n) is 14.0. The summed E-state index contributed by atoms with van der Waals surface area (Å²) in [6.45, 7) is 4.64. The molecule has 3 aliphatic rings. The number of nitrogens with zero attached hydrogens (tertiary/aromatic N) is 1. The molecule has 2 amide bonds. The van der Waals surface area contributed by atoms with E-state index in [1.54, 1.807) is 0 Å². The molecule has 3 atom stereocenters. The van der Waals surface area contributed by atoms with E-state index in [1.807, 2.05) is 11.8 Å². The van der Waals surface area contributed by atoms with Gasteiger partial charge in [0.1, 0.15) is 0 Å². The van der Waals surface area contributed by atoms with Crippen LogP contribution in [0.3, 0.4) is 0 Å². The van der Waals surface area contributed by atoms with Gasteiger partial charge in [-0.15, -0.1) is 0 Å². The molecule has 0 unspecified atom stereocenters. The third-order valence-electron chi connectivity index (χ3n) is 5.98. The van der Waals surface area contributed by atoms with Gasteiger partial charge in [-0.25, -0.2) is 4.79 Å². The first-order chi connectivity index (χ1) is 10.7. The predicted molar refractivity (Wildman–Crippen MR) is 91.4 cm³/mol. The smallest absolute Gasteiger partial charge is 0.317 e. The maximum absolute atomic E-state index is 12.8. The molecule has 3 rings (SSSR count). The van der Waals surface area contributed by atoms with Gasteiger partial charge in [-0.3, -0.25) is 0 Å². The molecular weight excluding hydrogens is 296 g/mol. The first-order valence-electron chi connectivity index (χ1n) is 8.84. The number of likely N-dealkylation sites (tertiary alicyclic amines) is 1. The lowest BCUT2D eigenvalue weighted by Crippen LogP contribution is -2.52. The first-order valence-corrected chi connectivity index (χ1v) is 10.1. The fourth-order valence-corrected chi connectivity index (χ4v) is 5.37. The van der Waals surface area contributed by atoms with Gasteiger partial charge in [-0.1, -0.05) is 12.8 Å². The maximum atomic E-state index is 12.8. The summed E-state index contributed by atoms with van der Waals surface area (Å²) in [6, 6.07) is 1.05. The molecule has 1 N–H and O–H groups in total. The summed E-state index contributed by atoms with van der Waals surface area (Å²) in [6.07, 6.45) is 10.6. The van der Waals surface area contributed by atoms with Crippen molar-refractivity contribution in [2.24, 2.45) is 5.92 Å². The molecule has 0 radical (unpaired) electrons. The van der Waals surface area contributed by atoms with Crippen molar-refractivity contribution in [1.29, 1.82) is 0 Å². The first kappa shape index (κ1) is 16.4. The summed E-state index contributed by atoms with van der Waals surface area (Å²) in [7, 11) is 0. The molecule has 2 heterocycles. The van der Waals surface area contributed by atoms with Crippen molar-refractivity contribution < 1.29 is 9.53 Å². The number of fused-ring (bicyclic) bond motifs is 1. The quantitative estimate of drug-likeness (QED) is 0.865. The molecule has 2 aliphatic heterocycles. The lowest BCUT2D eigenvalue weighted by molar-refractivity contribution is 0.0767. The zero-order chi connectivity index (χ0) is 15.6. The van der Waals surface area contributed by atoms with Crippen LogP contribution in [0.1, 0.15) is 51.9 Å². The lowest BCUT2D eigenvalue weighted by atomic mass is 9.85. The molecule has 2 saturated heterocycles. The number of carbonyl (C=O) groups excluding carboxylic acids is 1. The van der Waals surface area contributed by atoms with Gasteiger partial charge in [0, 0.05) is 36.6 Å². The van der Waals surface area contributed by atoms with Crippen molar-refractivity contribution in [1.82, 2.24) is 10.2 Å². The number of urea groups is 1. The summed E-state index contributed by atoms with van der Waals surface area (Å²) in [5, 5.41) is 3.26. The molecule has 22 heavy (non-hydrogen) atoms. The number of thioether (sulfide) groups is 1. The molecule has 0 aromatic carbocycles. The van der Waals surface area contributed by atoms with Gasteiger partial charge in [0.05, 0.1) is 0 Å². The summed E-state index contributed by atoms with van der Waals surface area (Å²) in [5.41, 5.74) is 0. The minimum Gasteiger partial charge on any atom is -0.381 e. The normalized spacial score (nSPS) is 34.3. The Morgan fingerprint density at radius 2 is 2.05 bits per heavy atom. The Bertz CT molecular complexity index is 398. The SMILES string of the molecule is CSC1(CNC(=O)N2[C@H](C)C[C@H]3CCCC[C@@H]32)CCOCC1. The second kappa shape index (κ2) is 7.00. The minimum atomic E-state index is 0.168. The molecule has 5 heteroatoms. The Kier molecular flexibility index (Phi) is 5.23. The molecule has 1 aliphatic carbocycles. The van der Waals surface area contributed by atoms with Gasteiger partial charge in [0.2, 0.25) is 0 Å². The van der Waals surface area contributed by atoms with E-state index in [0.29, 0.717) is 12.1 Å². The number of rotatable bonds is 3. The van der Waals surface area contributed by atoms with E-state index in [2.05, 4.69) is 23.4 Å². The molecule has 1 saturated carbocycles. The number of nitrogens with one attached hydrogen (secondary N) is 1. The molecule has 0 aromatic heterocycles. The standard InChI is InChI=1S/C17H30N2O2S/c1-13-11-14-5-3-4-6-15(14)19(13)16(20)18-12-17(22-2)7-9-21-10-8-17/h13-15H,3-12H2,1-2H3,(H,18,20)/t13-,14-,15+/m1/s1. The fraction of sp³-hybridized carbons (Fsp3) is 0.941. The highest BCUT2D eigenvalue weighted by atomic mass is 32.2. The predicted octanol–water partition coefficient (Wildman–Crippen LogP) is 3.26. The van der Waals surface area contributed by atoms with Crippen molar-refractivity contribution in [2.75, 3.05) is 26.0 Å². The van der Waals surface area contributed by atoms with Gasteiger partial charge in [0.15, 0.2) is 0 Å². The van der Waals surface area contributed by atoms with Crippen LogP contribution in [0.5, 0.6) is 0 Å². The van der Waals surface area contributed by atoms with Crippen LogP contribution >= 0.6 is 11.8 Å². The molecule has 0 spiro atoms. The molecule has 4 nitrogen and oxygen atoms in total.